The maximum Gasteiger partial charge on any atom is 0.253 e. The van der Waals surface area contributed by atoms with Crippen LogP contribution in [0.25, 0.3) is 88.4 Å². The van der Waals surface area contributed by atoms with Crippen molar-refractivity contribution in [3.05, 3.63) is 188 Å². The van der Waals surface area contributed by atoms with E-state index in [2.05, 4.69) is 197 Å². The van der Waals surface area contributed by atoms with Gasteiger partial charge in [0.15, 0.2) is 8.07 Å². The number of nitrogens with zero attached hydrogens (tertiary/aromatic N) is 2. The Balaban J connectivity index is 1.23. The molecule has 58 heavy (non-hydrogen) atoms. The number of rotatable bonds is 2. The van der Waals surface area contributed by atoms with E-state index in [4.69, 9.17) is 0 Å². The van der Waals surface area contributed by atoms with E-state index in [1.54, 1.807) is 0 Å². The average molecular weight is 747 g/mol. The fraction of sp³-hybridized carbons (Fsp3) is 0. The Morgan fingerprint density at radius 2 is 1.02 bits per heavy atom. The Morgan fingerprint density at radius 3 is 1.79 bits per heavy atom. The molecule has 0 atom stereocenters. The third kappa shape index (κ3) is 3.21. The van der Waals surface area contributed by atoms with E-state index in [-0.39, 0.29) is 6.71 Å². The Labute approximate surface area is 336 Å². The number of para-hydroxylation sites is 2. The van der Waals surface area contributed by atoms with Crippen molar-refractivity contribution >= 4 is 95.4 Å². The molecule has 264 valence electrons. The molecule has 2 nitrogen and oxygen atoms in total. The SMILES string of the molecule is c1ccc(-c2c(-c3ccccc3)n3c4c(c5ccccc5cc24)B2c4c-3ccc3c4-n4c5c2cccc5c2cccc(c24)[Si]32c3ccccc3-c3ccccc32)cc1. The largest absolute Gasteiger partial charge is 0.310 e. The molecule has 0 aliphatic carbocycles. The van der Waals surface area contributed by atoms with Crippen molar-refractivity contribution in [3.8, 4) is 44.9 Å². The quantitative estimate of drug-likeness (QED) is 0.159. The molecule has 0 radical (unpaired) electrons. The second-order valence-corrected chi connectivity index (χ2v) is 20.3. The standard InChI is InChI=1S/C54H31BN2Si/c1-3-15-32(16-4-1)47-40-31-34-19-7-8-20-35(34)48-53(40)56(50(47)33-17-5-2-6-18-33)42-29-30-46-54-49(42)55(48)41-25-13-23-38-39-24-14-28-45(52(39)57(54)51(38)41)58(46)43-26-11-9-21-36(43)37-22-10-12-27-44(37)58/h1-31H. The number of fused-ring (bicyclic) bond motifs is 13. The van der Waals surface area contributed by atoms with Crippen LogP contribution in [0.2, 0.25) is 0 Å². The van der Waals surface area contributed by atoms with Gasteiger partial charge in [0.1, 0.15) is 0 Å². The lowest BCUT2D eigenvalue weighted by Crippen LogP contribution is -2.76. The van der Waals surface area contributed by atoms with Crippen LogP contribution < -0.4 is 37.1 Å². The Morgan fingerprint density at radius 1 is 0.397 bits per heavy atom. The molecule has 4 heteroatoms. The van der Waals surface area contributed by atoms with Crippen LogP contribution in [0.1, 0.15) is 0 Å². The van der Waals surface area contributed by atoms with E-state index in [0.717, 1.165) is 0 Å². The lowest BCUT2D eigenvalue weighted by Gasteiger charge is -2.43. The monoisotopic (exact) mass is 746 g/mol. The first-order valence-electron chi connectivity index (χ1n) is 20.5. The molecular weight excluding hydrogens is 716 g/mol. The lowest BCUT2D eigenvalue weighted by atomic mass is 9.33. The van der Waals surface area contributed by atoms with Gasteiger partial charge in [0, 0.05) is 38.6 Å². The summed E-state index contributed by atoms with van der Waals surface area (Å²) >= 11 is 0. The van der Waals surface area contributed by atoms with Crippen LogP contribution in [0.4, 0.5) is 0 Å². The second kappa shape index (κ2) is 10.2. The first-order chi connectivity index (χ1) is 28.8. The van der Waals surface area contributed by atoms with E-state index in [9.17, 15) is 0 Å². The van der Waals surface area contributed by atoms with Crippen LogP contribution in [0, 0.1) is 0 Å². The number of benzene rings is 9. The number of hydrogen-bond donors (Lipinski definition) is 0. The third-order valence-electron chi connectivity index (χ3n) is 14.3. The summed E-state index contributed by atoms with van der Waals surface area (Å²) in [6.45, 7) is 0.0493. The Hall–Kier alpha value is -7.14. The average Bonchev–Trinajstić information content (AvgIpc) is 3.92. The van der Waals surface area contributed by atoms with Crippen molar-refractivity contribution in [2.45, 2.75) is 0 Å². The lowest BCUT2D eigenvalue weighted by molar-refractivity contribution is 1.12. The molecule has 0 saturated carbocycles. The van der Waals surface area contributed by atoms with Crippen molar-refractivity contribution < 1.29 is 0 Å². The van der Waals surface area contributed by atoms with Crippen molar-refractivity contribution in [2.75, 3.05) is 0 Å². The molecule has 4 aliphatic rings. The molecule has 4 aliphatic heterocycles. The van der Waals surface area contributed by atoms with Gasteiger partial charge < -0.3 is 9.13 Å². The first kappa shape index (κ1) is 30.1. The summed E-state index contributed by atoms with van der Waals surface area (Å²) < 4.78 is 5.41. The normalized spacial score (nSPS) is 14.3. The number of aromatic nitrogens is 2. The Bertz CT molecular complexity index is 3640. The maximum atomic E-state index is 2.74. The molecule has 15 rings (SSSR count). The summed E-state index contributed by atoms with van der Waals surface area (Å²) in [4.78, 5) is 0. The van der Waals surface area contributed by atoms with Crippen molar-refractivity contribution in [3.63, 3.8) is 0 Å². The second-order valence-electron chi connectivity index (χ2n) is 16.6. The van der Waals surface area contributed by atoms with Gasteiger partial charge in [0.05, 0.1) is 16.7 Å². The minimum Gasteiger partial charge on any atom is -0.310 e. The predicted octanol–water partition coefficient (Wildman–Crippen LogP) is 8.03. The van der Waals surface area contributed by atoms with Gasteiger partial charge in [0.25, 0.3) is 6.71 Å². The van der Waals surface area contributed by atoms with Gasteiger partial charge in [-0.2, -0.15) is 0 Å². The van der Waals surface area contributed by atoms with Crippen LogP contribution in [-0.2, 0) is 0 Å². The fourth-order valence-electron chi connectivity index (χ4n) is 12.4. The van der Waals surface area contributed by atoms with E-state index in [1.807, 2.05) is 0 Å². The minimum atomic E-state index is -2.80. The first-order valence-corrected chi connectivity index (χ1v) is 22.5. The van der Waals surface area contributed by atoms with Crippen molar-refractivity contribution in [1.29, 1.82) is 0 Å². The van der Waals surface area contributed by atoms with Crippen LogP contribution in [0.3, 0.4) is 0 Å². The molecule has 2 aromatic heterocycles. The molecule has 11 aromatic rings. The zero-order chi connectivity index (χ0) is 37.4. The Kier molecular flexibility index (Phi) is 5.30. The van der Waals surface area contributed by atoms with Gasteiger partial charge >= 0.3 is 0 Å². The smallest absolute Gasteiger partial charge is 0.253 e. The van der Waals surface area contributed by atoms with Crippen LogP contribution >= 0.6 is 0 Å². The molecule has 9 aromatic carbocycles. The fourth-order valence-corrected chi connectivity index (χ4v) is 17.9. The topological polar surface area (TPSA) is 9.86 Å². The van der Waals surface area contributed by atoms with Gasteiger partial charge in [-0.25, -0.2) is 0 Å². The van der Waals surface area contributed by atoms with E-state index in [1.165, 1.54) is 126 Å². The van der Waals surface area contributed by atoms with E-state index >= 15 is 0 Å². The third-order valence-corrected chi connectivity index (χ3v) is 19.2. The summed E-state index contributed by atoms with van der Waals surface area (Å²) in [5.74, 6) is 0. The molecule has 0 unspecified atom stereocenters. The highest BCUT2D eigenvalue weighted by Gasteiger charge is 2.56. The summed E-state index contributed by atoms with van der Waals surface area (Å²) in [6, 6.07) is 72.1. The zero-order valence-electron chi connectivity index (χ0n) is 31.4. The molecule has 0 fully saturated rings. The van der Waals surface area contributed by atoms with Gasteiger partial charge in [0.2, 0.25) is 0 Å². The predicted molar refractivity (Wildman–Crippen MR) is 247 cm³/mol. The molecule has 0 bridgehead atoms. The highest BCUT2D eigenvalue weighted by molar-refractivity contribution is 7.24. The highest BCUT2D eigenvalue weighted by atomic mass is 28.3. The van der Waals surface area contributed by atoms with Crippen LogP contribution in [-0.4, -0.2) is 23.9 Å². The van der Waals surface area contributed by atoms with Crippen molar-refractivity contribution in [1.82, 2.24) is 9.13 Å². The summed E-state index contributed by atoms with van der Waals surface area (Å²) in [6.07, 6.45) is 0. The van der Waals surface area contributed by atoms with Gasteiger partial charge in [-0.1, -0.05) is 176 Å². The molecule has 0 saturated heterocycles. The minimum absolute atomic E-state index is 0.0493. The molecule has 0 amide bonds. The van der Waals surface area contributed by atoms with Gasteiger partial charge in [-0.05, 0) is 82.3 Å². The molecule has 6 heterocycles. The summed E-state index contributed by atoms with van der Waals surface area (Å²) in [5.41, 5.74) is 18.9. The van der Waals surface area contributed by atoms with Gasteiger partial charge in [-0.3, -0.25) is 0 Å². The number of hydrogen-bond acceptors (Lipinski definition) is 0. The van der Waals surface area contributed by atoms with Crippen LogP contribution in [0.5, 0.6) is 0 Å². The van der Waals surface area contributed by atoms with E-state index < -0.39 is 8.07 Å². The maximum absolute atomic E-state index is 2.80. The van der Waals surface area contributed by atoms with E-state index in [0.29, 0.717) is 0 Å². The molecule has 1 spiro atoms. The molecule has 0 N–H and O–H groups in total. The van der Waals surface area contributed by atoms with Crippen LogP contribution in [0.15, 0.2) is 188 Å². The molecular formula is C54H31BN2Si. The summed E-state index contributed by atoms with van der Waals surface area (Å²) in [5, 5.41) is 12.7. The zero-order valence-corrected chi connectivity index (χ0v) is 32.4. The van der Waals surface area contributed by atoms with Gasteiger partial charge in [-0.15, -0.1) is 0 Å². The highest BCUT2D eigenvalue weighted by Crippen LogP contribution is 2.47. The van der Waals surface area contributed by atoms with Crippen molar-refractivity contribution in [2.24, 2.45) is 0 Å². The summed E-state index contributed by atoms with van der Waals surface area (Å²) in [7, 11) is -2.80.